The Hall–Kier alpha value is -1.13. The van der Waals surface area contributed by atoms with Crippen molar-refractivity contribution in [2.45, 2.75) is 25.3 Å². The predicted molar refractivity (Wildman–Crippen MR) is 70.0 cm³/mol. The van der Waals surface area contributed by atoms with Crippen molar-refractivity contribution in [2.75, 3.05) is 0 Å². The number of carbonyl (C=O) groups excluding carboxylic acids is 1. The molecule has 1 aliphatic rings. The standard InChI is InChI=1S/C12H11Cl2N3O/c13-9-4-10(14)16-12-11(9)15-6-17(12)8-2-1-7(3-8)5-18/h4-8H,1-3H2/t7-,8?/m1/s1. The van der Waals surface area contributed by atoms with Crippen LogP contribution >= 0.6 is 23.2 Å². The largest absolute Gasteiger partial charge is 0.312 e. The van der Waals surface area contributed by atoms with Crippen molar-refractivity contribution in [2.24, 2.45) is 5.92 Å². The van der Waals surface area contributed by atoms with Crippen molar-refractivity contribution in [1.82, 2.24) is 14.5 Å². The van der Waals surface area contributed by atoms with Crippen LogP contribution in [0.5, 0.6) is 0 Å². The Morgan fingerprint density at radius 2 is 2.22 bits per heavy atom. The van der Waals surface area contributed by atoms with Gasteiger partial charge in [0, 0.05) is 12.0 Å². The van der Waals surface area contributed by atoms with Crippen LogP contribution in [0.25, 0.3) is 11.2 Å². The number of hydrogen-bond donors (Lipinski definition) is 0. The number of halogens is 2. The van der Waals surface area contributed by atoms with Gasteiger partial charge in [-0.25, -0.2) is 9.97 Å². The molecular formula is C12H11Cl2N3O. The highest BCUT2D eigenvalue weighted by Crippen LogP contribution is 2.36. The number of carbonyl (C=O) groups is 1. The number of aromatic nitrogens is 3. The highest BCUT2D eigenvalue weighted by molar-refractivity contribution is 6.37. The molecule has 4 nitrogen and oxygen atoms in total. The second-order valence-corrected chi connectivity index (χ2v) is 5.41. The van der Waals surface area contributed by atoms with E-state index in [4.69, 9.17) is 23.2 Å². The molecule has 0 bridgehead atoms. The molecule has 0 saturated heterocycles. The van der Waals surface area contributed by atoms with Gasteiger partial charge in [0.25, 0.3) is 0 Å². The van der Waals surface area contributed by atoms with Crippen LogP contribution in [0, 0.1) is 5.92 Å². The zero-order valence-corrected chi connectivity index (χ0v) is 11.0. The Labute approximate surface area is 114 Å². The van der Waals surface area contributed by atoms with Gasteiger partial charge in [-0.15, -0.1) is 0 Å². The summed E-state index contributed by atoms with van der Waals surface area (Å²) in [6.45, 7) is 0. The lowest BCUT2D eigenvalue weighted by atomic mass is 10.1. The van der Waals surface area contributed by atoms with Gasteiger partial charge in [0.2, 0.25) is 0 Å². The lowest BCUT2D eigenvalue weighted by molar-refractivity contribution is -0.110. The zero-order valence-electron chi connectivity index (χ0n) is 9.51. The van der Waals surface area contributed by atoms with Crippen LogP contribution in [0.2, 0.25) is 10.2 Å². The fraction of sp³-hybridized carbons (Fsp3) is 0.417. The summed E-state index contributed by atoms with van der Waals surface area (Å²) < 4.78 is 1.98. The molecule has 0 aliphatic heterocycles. The minimum atomic E-state index is 0.141. The molecule has 0 aromatic carbocycles. The fourth-order valence-electron chi connectivity index (χ4n) is 2.58. The molecule has 0 spiro atoms. The van der Waals surface area contributed by atoms with E-state index in [-0.39, 0.29) is 12.0 Å². The van der Waals surface area contributed by atoms with Crippen LogP contribution in [0.3, 0.4) is 0 Å². The number of aldehydes is 1. The van der Waals surface area contributed by atoms with E-state index in [9.17, 15) is 4.79 Å². The van der Waals surface area contributed by atoms with Gasteiger partial charge in [-0.1, -0.05) is 23.2 Å². The molecule has 0 amide bonds. The van der Waals surface area contributed by atoms with Crippen LogP contribution in [-0.2, 0) is 4.79 Å². The van der Waals surface area contributed by atoms with Crippen LogP contribution < -0.4 is 0 Å². The topological polar surface area (TPSA) is 47.8 Å². The first-order valence-corrected chi connectivity index (χ1v) is 6.58. The number of nitrogens with zero attached hydrogens (tertiary/aromatic N) is 3. The second kappa shape index (κ2) is 4.52. The summed E-state index contributed by atoms with van der Waals surface area (Å²) in [4.78, 5) is 19.4. The molecule has 2 atom stereocenters. The average Bonchev–Trinajstić information content (AvgIpc) is 2.93. The van der Waals surface area contributed by atoms with Crippen molar-refractivity contribution in [3.63, 3.8) is 0 Å². The normalized spacial score (nSPS) is 23.7. The molecule has 2 heterocycles. The highest BCUT2D eigenvalue weighted by Gasteiger charge is 2.27. The van der Waals surface area contributed by atoms with Gasteiger partial charge in [-0.2, -0.15) is 0 Å². The number of pyridine rings is 1. The Bertz CT molecular complexity index is 611. The number of rotatable bonds is 2. The smallest absolute Gasteiger partial charge is 0.163 e. The average molecular weight is 284 g/mol. The van der Waals surface area contributed by atoms with Gasteiger partial charge in [-0.05, 0) is 25.3 Å². The Morgan fingerprint density at radius 3 is 2.94 bits per heavy atom. The van der Waals surface area contributed by atoms with Gasteiger partial charge >= 0.3 is 0 Å². The third-order valence-corrected chi connectivity index (χ3v) is 3.97. The van der Waals surface area contributed by atoms with Gasteiger partial charge in [0.15, 0.2) is 5.65 Å². The minimum Gasteiger partial charge on any atom is -0.312 e. The Morgan fingerprint density at radius 1 is 1.39 bits per heavy atom. The van der Waals surface area contributed by atoms with E-state index in [0.29, 0.717) is 21.3 Å². The quantitative estimate of drug-likeness (QED) is 0.628. The van der Waals surface area contributed by atoms with Crippen LogP contribution in [0.15, 0.2) is 12.4 Å². The lowest BCUT2D eigenvalue weighted by Gasteiger charge is -2.11. The summed E-state index contributed by atoms with van der Waals surface area (Å²) in [6, 6.07) is 1.85. The molecule has 0 N–H and O–H groups in total. The zero-order chi connectivity index (χ0) is 12.7. The first-order chi connectivity index (χ1) is 8.69. The predicted octanol–water partition coefficient (Wildman–Crippen LogP) is 3.28. The number of fused-ring (bicyclic) bond motifs is 1. The maximum Gasteiger partial charge on any atom is 0.163 e. The van der Waals surface area contributed by atoms with Gasteiger partial charge in [0.1, 0.15) is 17.0 Å². The minimum absolute atomic E-state index is 0.141. The number of imidazole rings is 1. The van der Waals surface area contributed by atoms with Crippen LogP contribution in [0.4, 0.5) is 0 Å². The first-order valence-electron chi connectivity index (χ1n) is 5.83. The van der Waals surface area contributed by atoms with E-state index < -0.39 is 0 Å². The molecule has 2 aromatic heterocycles. The summed E-state index contributed by atoms with van der Waals surface area (Å²) in [6.07, 6.45) is 5.48. The summed E-state index contributed by atoms with van der Waals surface area (Å²) >= 11 is 12.0. The van der Waals surface area contributed by atoms with Gasteiger partial charge in [0.05, 0.1) is 11.3 Å². The summed E-state index contributed by atoms with van der Waals surface area (Å²) in [5.41, 5.74) is 1.36. The molecular weight excluding hydrogens is 273 g/mol. The van der Waals surface area contributed by atoms with Crippen molar-refractivity contribution in [3.05, 3.63) is 22.6 Å². The monoisotopic (exact) mass is 283 g/mol. The molecule has 2 aromatic rings. The van der Waals surface area contributed by atoms with Crippen molar-refractivity contribution >= 4 is 40.7 Å². The highest BCUT2D eigenvalue weighted by atomic mass is 35.5. The molecule has 94 valence electrons. The molecule has 0 radical (unpaired) electrons. The van der Waals surface area contributed by atoms with Crippen molar-refractivity contribution < 1.29 is 4.79 Å². The maximum absolute atomic E-state index is 10.8. The molecule has 1 saturated carbocycles. The van der Waals surface area contributed by atoms with Crippen LogP contribution in [0.1, 0.15) is 25.3 Å². The summed E-state index contributed by atoms with van der Waals surface area (Å²) in [5.74, 6) is 0.141. The van der Waals surface area contributed by atoms with E-state index in [1.807, 2.05) is 4.57 Å². The number of hydrogen-bond acceptors (Lipinski definition) is 3. The molecule has 6 heteroatoms. The van der Waals surface area contributed by atoms with E-state index in [1.165, 1.54) is 0 Å². The molecule has 18 heavy (non-hydrogen) atoms. The van der Waals surface area contributed by atoms with E-state index in [1.54, 1.807) is 12.4 Å². The molecule has 3 rings (SSSR count). The van der Waals surface area contributed by atoms with Crippen molar-refractivity contribution in [3.8, 4) is 0 Å². The molecule has 1 fully saturated rings. The van der Waals surface area contributed by atoms with Gasteiger partial charge in [-0.3, -0.25) is 0 Å². The molecule has 1 aliphatic carbocycles. The van der Waals surface area contributed by atoms with Crippen molar-refractivity contribution in [1.29, 1.82) is 0 Å². The maximum atomic E-state index is 10.8. The second-order valence-electron chi connectivity index (χ2n) is 4.61. The lowest BCUT2D eigenvalue weighted by Crippen LogP contribution is -2.05. The molecule has 1 unspecified atom stereocenters. The third-order valence-electron chi connectivity index (χ3n) is 3.48. The Balaban J connectivity index is 2.05. The van der Waals surface area contributed by atoms with E-state index >= 15 is 0 Å². The first kappa shape index (κ1) is 11.9. The fourth-order valence-corrected chi connectivity index (χ4v) is 3.06. The van der Waals surface area contributed by atoms with Gasteiger partial charge < -0.3 is 9.36 Å². The SMILES string of the molecule is O=C[C@@H]1CCC(n2cnc3c(Cl)cc(Cl)nc32)C1. The van der Waals surface area contributed by atoms with E-state index in [0.717, 1.165) is 25.5 Å². The summed E-state index contributed by atoms with van der Waals surface area (Å²) in [7, 11) is 0. The summed E-state index contributed by atoms with van der Waals surface area (Å²) in [5, 5.41) is 0.868. The third kappa shape index (κ3) is 1.89. The van der Waals surface area contributed by atoms with Crippen LogP contribution in [-0.4, -0.2) is 20.8 Å². The Kier molecular flexibility index (Phi) is 2.99. The van der Waals surface area contributed by atoms with E-state index in [2.05, 4.69) is 9.97 Å².